The molecule has 11 heteroatoms. The van der Waals surface area contributed by atoms with E-state index in [4.69, 9.17) is 0 Å². The molecule has 36 heavy (non-hydrogen) atoms. The first-order chi connectivity index (χ1) is 17.1. The van der Waals surface area contributed by atoms with Crippen molar-refractivity contribution in [3.05, 3.63) is 128 Å². The highest BCUT2D eigenvalue weighted by Gasteiger charge is 2.30. The molecule has 184 valence electrons. The zero-order valence-electron chi connectivity index (χ0n) is 18.5. The molecule has 0 aliphatic rings. The highest BCUT2D eigenvalue weighted by Crippen LogP contribution is 2.29. The molecule has 1 heterocycles. The predicted octanol–water partition coefficient (Wildman–Crippen LogP) is 3.53. The number of carbonyl (C=O) groups is 1. The van der Waals surface area contributed by atoms with Crippen LogP contribution in [0.1, 0.15) is 27.2 Å². The van der Waals surface area contributed by atoms with Gasteiger partial charge in [-0.15, -0.1) is 0 Å². The third kappa shape index (κ3) is 5.24. The van der Waals surface area contributed by atoms with Gasteiger partial charge in [0.25, 0.3) is 11.5 Å². The van der Waals surface area contributed by atoms with Crippen LogP contribution in [0, 0.1) is 5.82 Å². The minimum Gasteiger partial charge on any atom is -0.346 e. The Morgan fingerprint density at radius 2 is 1.56 bits per heavy atom. The molecular formula is C25H18F4N4O3. The number of carbonyl (C=O) groups excluding carboxylic acids is 1. The van der Waals surface area contributed by atoms with Gasteiger partial charge in [0.1, 0.15) is 11.5 Å². The number of aromatic nitrogens is 3. The molecular weight excluding hydrogens is 480 g/mol. The van der Waals surface area contributed by atoms with Crippen LogP contribution in [0.25, 0.3) is 5.69 Å². The molecule has 0 spiro atoms. The predicted molar refractivity (Wildman–Crippen MR) is 122 cm³/mol. The van der Waals surface area contributed by atoms with E-state index >= 15 is 0 Å². The van der Waals surface area contributed by atoms with Gasteiger partial charge in [0, 0.05) is 6.54 Å². The van der Waals surface area contributed by atoms with Crippen LogP contribution in [0.5, 0.6) is 0 Å². The summed E-state index contributed by atoms with van der Waals surface area (Å²) in [6.45, 7) is -0.565. The smallest absolute Gasteiger partial charge is 0.346 e. The summed E-state index contributed by atoms with van der Waals surface area (Å²) >= 11 is 0. The fourth-order valence-corrected chi connectivity index (χ4v) is 3.47. The van der Waals surface area contributed by atoms with E-state index in [0.717, 1.165) is 29.8 Å². The van der Waals surface area contributed by atoms with Crippen LogP contribution in [-0.2, 0) is 19.3 Å². The second-order valence-electron chi connectivity index (χ2n) is 7.75. The first kappa shape index (κ1) is 24.6. The molecule has 0 atom stereocenters. The Labute approximate surface area is 201 Å². The summed E-state index contributed by atoms with van der Waals surface area (Å²) in [4.78, 5) is 39.1. The Morgan fingerprint density at radius 1 is 0.889 bits per heavy atom. The number of benzene rings is 3. The van der Waals surface area contributed by atoms with Crippen LogP contribution >= 0.6 is 0 Å². The summed E-state index contributed by atoms with van der Waals surface area (Å²) in [5.41, 5.74) is -3.59. The average Bonchev–Trinajstić information content (AvgIpc) is 2.86. The van der Waals surface area contributed by atoms with Gasteiger partial charge in [-0.25, -0.2) is 9.18 Å². The monoisotopic (exact) mass is 498 g/mol. The van der Waals surface area contributed by atoms with Crippen molar-refractivity contribution < 1.29 is 22.4 Å². The Balaban J connectivity index is 1.81. The number of nitrogens with zero attached hydrogens (tertiary/aromatic N) is 3. The Bertz CT molecular complexity index is 1530. The molecule has 0 fully saturated rings. The van der Waals surface area contributed by atoms with Crippen LogP contribution in [0.2, 0.25) is 0 Å². The Hall–Kier alpha value is -4.54. The van der Waals surface area contributed by atoms with Crippen molar-refractivity contribution in [2.24, 2.45) is 0 Å². The molecule has 0 bridgehead atoms. The van der Waals surface area contributed by atoms with Gasteiger partial charge in [-0.3, -0.25) is 14.2 Å². The maximum absolute atomic E-state index is 14.5. The second-order valence-corrected chi connectivity index (χ2v) is 7.75. The van der Waals surface area contributed by atoms with Crippen LogP contribution in [0.15, 0.2) is 88.5 Å². The highest BCUT2D eigenvalue weighted by atomic mass is 19.4. The third-order valence-corrected chi connectivity index (χ3v) is 5.25. The molecule has 0 unspecified atom stereocenters. The number of hydrogen-bond acceptors (Lipinski definition) is 4. The highest BCUT2D eigenvalue weighted by molar-refractivity contribution is 5.91. The van der Waals surface area contributed by atoms with Crippen LogP contribution in [0.3, 0.4) is 0 Å². The molecule has 0 aliphatic carbocycles. The lowest BCUT2D eigenvalue weighted by molar-refractivity contribution is -0.137. The largest absolute Gasteiger partial charge is 0.416 e. The fourth-order valence-electron chi connectivity index (χ4n) is 3.47. The molecule has 0 radical (unpaired) electrons. The first-order valence-electron chi connectivity index (χ1n) is 10.6. The second kappa shape index (κ2) is 9.98. The zero-order chi connectivity index (χ0) is 25.9. The normalized spacial score (nSPS) is 11.3. The molecule has 7 nitrogen and oxygen atoms in total. The maximum atomic E-state index is 14.5. The fraction of sp³-hybridized carbons (Fsp3) is 0.120. The number of hydrogen-bond donors (Lipinski definition) is 1. The average molecular weight is 498 g/mol. The van der Waals surface area contributed by atoms with Crippen molar-refractivity contribution in [3.63, 3.8) is 0 Å². The molecule has 4 rings (SSSR count). The number of amides is 1. The Kier molecular flexibility index (Phi) is 6.82. The molecule has 4 aromatic rings. The Morgan fingerprint density at radius 3 is 2.25 bits per heavy atom. The summed E-state index contributed by atoms with van der Waals surface area (Å²) in [5, 5.41) is 6.33. The summed E-state index contributed by atoms with van der Waals surface area (Å²) in [5.74, 6) is -1.79. The molecule has 0 aliphatic heterocycles. The van der Waals surface area contributed by atoms with Crippen molar-refractivity contribution in [2.75, 3.05) is 0 Å². The van der Waals surface area contributed by atoms with Gasteiger partial charge in [-0.05, 0) is 35.4 Å². The standard InChI is InChI=1S/C25H18F4N4O3/c26-19-11-4-5-12-20(19)33-24(36)32(15-17-9-6-10-18(13-17)25(27,28)29)23(35)21(31-33)22(34)30-14-16-7-2-1-3-8-16/h1-13H,14-15H2,(H,30,34). The topological polar surface area (TPSA) is 86.0 Å². The van der Waals surface area contributed by atoms with E-state index in [1.165, 1.54) is 24.3 Å². The van der Waals surface area contributed by atoms with Crippen LogP contribution < -0.4 is 16.6 Å². The van der Waals surface area contributed by atoms with E-state index in [0.29, 0.717) is 9.25 Å². The maximum Gasteiger partial charge on any atom is 0.416 e. The lowest BCUT2D eigenvalue weighted by Crippen LogP contribution is -2.46. The van der Waals surface area contributed by atoms with Gasteiger partial charge in [0.2, 0.25) is 5.69 Å². The van der Waals surface area contributed by atoms with E-state index in [1.54, 1.807) is 30.3 Å². The zero-order valence-corrected chi connectivity index (χ0v) is 18.5. The molecule has 0 saturated carbocycles. The van der Waals surface area contributed by atoms with E-state index in [1.807, 2.05) is 0 Å². The van der Waals surface area contributed by atoms with Crippen molar-refractivity contribution in [1.82, 2.24) is 19.7 Å². The van der Waals surface area contributed by atoms with E-state index < -0.39 is 47.0 Å². The molecule has 1 amide bonds. The molecule has 0 saturated heterocycles. The van der Waals surface area contributed by atoms with E-state index in [-0.39, 0.29) is 17.8 Å². The SMILES string of the molecule is O=C(NCc1ccccc1)c1nn(-c2ccccc2F)c(=O)n(Cc2cccc(C(F)(F)F)c2)c1=O. The molecule has 1 N–H and O–H groups in total. The summed E-state index contributed by atoms with van der Waals surface area (Å²) in [7, 11) is 0. The number of halogens is 4. The molecule has 3 aromatic carbocycles. The summed E-state index contributed by atoms with van der Waals surface area (Å²) in [6, 6.07) is 17.9. The number of nitrogens with one attached hydrogen (secondary N) is 1. The molecule has 1 aromatic heterocycles. The van der Waals surface area contributed by atoms with Gasteiger partial charge >= 0.3 is 11.9 Å². The van der Waals surface area contributed by atoms with Gasteiger partial charge < -0.3 is 5.32 Å². The van der Waals surface area contributed by atoms with Gasteiger partial charge in [0.15, 0.2) is 0 Å². The van der Waals surface area contributed by atoms with Gasteiger partial charge in [-0.2, -0.15) is 23.0 Å². The summed E-state index contributed by atoms with van der Waals surface area (Å²) < 4.78 is 55.0. The van der Waals surface area contributed by atoms with Crippen molar-refractivity contribution in [2.45, 2.75) is 19.3 Å². The number of para-hydroxylation sites is 1. The first-order valence-corrected chi connectivity index (χ1v) is 10.6. The van der Waals surface area contributed by atoms with Crippen molar-refractivity contribution in [3.8, 4) is 5.69 Å². The lowest BCUT2D eigenvalue weighted by atomic mass is 10.1. The summed E-state index contributed by atoms with van der Waals surface area (Å²) in [6.07, 6.45) is -4.64. The minimum absolute atomic E-state index is 0.0223. The third-order valence-electron chi connectivity index (χ3n) is 5.25. The van der Waals surface area contributed by atoms with E-state index in [2.05, 4.69) is 10.4 Å². The quantitative estimate of drug-likeness (QED) is 0.412. The van der Waals surface area contributed by atoms with Crippen molar-refractivity contribution in [1.29, 1.82) is 0 Å². The van der Waals surface area contributed by atoms with E-state index in [9.17, 15) is 31.9 Å². The van der Waals surface area contributed by atoms with Gasteiger partial charge in [-0.1, -0.05) is 54.6 Å². The van der Waals surface area contributed by atoms with Crippen LogP contribution in [0.4, 0.5) is 17.6 Å². The number of rotatable bonds is 6. The van der Waals surface area contributed by atoms with Gasteiger partial charge in [0.05, 0.1) is 12.1 Å². The minimum atomic E-state index is -4.64. The van der Waals surface area contributed by atoms with Crippen molar-refractivity contribution >= 4 is 5.91 Å². The lowest BCUT2D eigenvalue weighted by Gasteiger charge is -2.14. The van der Waals surface area contributed by atoms with Crippen LogP contribution in [-0.4, -0.2) is 20.3 Å². The number of alkyl halides is 3.